The molecule has 0 unspecified atom stereocenters. The van der Waals surface area contributed by atoms with Crippen molar-refractivity contribution in [3.8, 4) is 0 Å². The van der Waals surface area contributed by atoms with Gasteiger partial charge in [0, 0.05) is 6.54 Å². The molecule has 0 atom stereocenters. The summed E-state index contributed by atoms with van der Waals surface area (Å²) in [4.78, 5) is 19.8. The molecule has 0 aliphatic heterocycles. The van der Waals surface area contributed by atoms with Crippen LogP contribution in [0.15, 0.2) is 12.2 Å². The first-order chi connectivity index (χ1) is 7.92. The summed E-state index contributed by atoms with van der Waals surface area (Å²) in [6, 6.07) is 0. The molecule has 0 aromatic rings. The van der Waals surface area contributed by atoms with Crippen LogP contribution >= 0.6 is 0 Å². The lowest BCUT2D eigenvalue weighted by atomic mass is 10.4. The second kappa shape index (κ2) is 9.75. The van der Waals surface area contributed by atoms with Gasteiger partial charge in [0.25, 0.3) is 0 Å². The van der Waals surface area contributed by atoms with E-state index in [2.05, 4.69) is 31.5 Å². The Morgan fingerprint density at radius 1 is 1.12 bits per heavy atom. The van der Waals surface area contributed by atoms with Crippen LogP contribution in [0.3, 0.4) is 0 Å². The third-order valence-corrected chi connectivity index (χ3v) is 2.47. The number of rotatable bonds is 11. The second-order valence-corrected chi connectivity index (χ2v) is 10.5. The zero-order chi connectivity index (χ0) is 13.1. The van der Waals surface area contributed by atoms with Gasteiger partial charge in [0.2, 0.25) is 0 Å². The highest BCUT2D eigenvalue weighted by molar-refractivity contribution is 6.76. The Balaban J connectivity index is 3.06. The van der Waals surface area contributed by atoms with Crippen LogP contribution in [0.25, 0.3) is 0 Å². The molecule has 0 aliphatic rings. The topological polar surface area (TPSA) is 49.0 Å². The molecule has 5 nitrogen and oxygen atoms in total. The summed E-state index contributed by atoms with van der Waals surface area (Å²) in [5.74, 6) is 0. The van der Waals surface area contributed by atoms with Crippen molar-refractivity contribution in [1.82, 2.24) is 5.32 Å². The molecule has 0 amide bonds. The van der Waals surface area contributed by atoms with E-state index in [1.165, 1.54) is 0 Å². The van der Waals surface area contributed by atoms with E-state index in [1.807, 2.05) is 6.92 Å². The Morgan fingerprint density at radius 3 is 2.41 bits per heavy atom. The normalized spacial score (nSPS) is 11.8. The predicted octanol–water partition coefficient (Wildman–Crippen LogP) is 1.88. The molecule has 0 bridgehead atoms. The number of nitrogens with one attached hydrogen (secondary N) is 1. The molecule has 0 aromatic carbocycles. The Morgan fingerprint density at radius 2 is 1.82 bits per heavy atom. The van der Waals surface area contributed by atoms with Gasteiger partial charge in [0.05, 0.1) is 20.9 Å². The molecule has 17 heavy (non-hydrogen) atoms. The van der Waals surface area contributed by atoms with Crippen molar-refractivity contribution in [3.05, 3.63) is 12.2 Å². The standard InChI is InChI=1S/C11H25NO4Si/c1-11(2)8-14-13-7-6-12-9-15-16-10-17(3,4)5/h12H,1,6-10H2,2-5H3. The monoisotopic (exact) mass is 263 g/mol. The first kappa shape index (κ1) is 16.8. The van der Waals surface area contributed by atoms with E-state index in [-0.39, 0.29) is 0 Å². The molecule has 0 saturated heterocycles. The van der Waals surface area contributed by atoms with Crippen molar-refractivity contribution in [2.24, 2.45) is 0 Å². The number of hydrogen-bond acceptors (Lipinski definition) is 5. The molecular formula is C11H25NO4Si. The maximum Gasteiger partial charge on any atom is 0.133 e. The average molecular weight is 263 g/mol. The van der Waals surface area contributed by atoms with E-state index in [9.17, 15) is 0 Å². The SMILES string of the molecule is C=C(C)COOCCNCOOC[Si](C)(C)C. The lowest BCUT2D eigenvalue weighted by Gasteiger charge is -2.14. The fourth-order valence-electron chi connectivity index (χ4n) is 0.689. The fraction of sp³-hybridized carbons (Fsp3) is 0.818. The molecule has 0 fully saturated rings. The Bertz CT molecular complexity index is 206. The van der Waals surface area contributed by atoms with Crippen molar-refractivity contribution in [2.75, 3.05) is 32.7 Å². The minimum Gasteiger partial charge on any atom is -0.290 e. The van der Waals surface area contributed by atoms with Gasteiger partial charge in [-0.1, -0.05) is 31.8 Å². The number of hydrogen-bond donors (Lipinski definition) is 1. The summed E-state index contributed by atoms with van der Waals surface area (Å²) < 4.78 is 0. The molecular weight excluding hydrogens is 238 g/mol. The van der Waals surface area contributed by atoms with Crippen LogP contribution in [0, 0.1) is 0 Å². The Kier molecular flexibility index (Phi) is 9.61. The third kappa shape index (κ3) is 15.8. The summed E-state index contributed by atoms with van der Waals surface area (Å²) in [7, 11) is -1.18. The summed E-state index contributed by atoms with van der Waals surface area (Å²) in [5, 5.41) is 3.00. The molecule has 0 radical (unpaired) electrons. The maximum absolute atomic E-state index is 5.07. The van der Waals surface area contributed by atoms with E-state index < -0.39 is 8.07 Å². The largest absolute Gasteiger partial charge is 0.290 e. The van der Waals surface area contributed by atoms with Crippen molar-refractivity contribution in [1.29, 1.82) is 0 Å². The molecule has 0 saturated carbocycles. The van der Waals surface area contributed by atoms with Gasteiger partial charge in [-0.3, -0.25) is 5.32 Å². The molecule has 0 heterocycles. The average Bonchev–Trinajstić information content (AvgIpc) is 2.18. The molecule has 6 heteroatoms. The van der Waals surface area contributed by atoms with Crippen molar-refractivity contribution in [2.45, 2.75) is 26.6 Å². The van der Waals surface area contributed by atoms with E-state index in [0.29, 0.717) is 32.7 Å². The van der Waals surface area contributed by atoms with Gasteiger partial charge in [0.15, 0.2) is 0 Å². The Labute approximate surface area is 105 Å². The quantitative estimate of drug-likeness (QED) is 0.154. The maximum atomic E-state index is 5.07. The Hall–Kier alpha value is -0.243. The van der Waals surface area contributed by atoms with Gasteiger partial charge in [-0.15, -0.1) is 0 Å². The van der Waals surface area contributed by atoms with Crippen molar-refractivity contribution >= 4 is 8.07 Å². The molecule has 0 aromatic heterocycles. The van der Waals surface area contributed by atoms with E-state index in [0.717, 1.165) is 5.57 Å². The van der Waals surface area contributed by atoms with Crippen molar-refractivity contribution < 1.29 is 19.6 Å². The third-order valence-electron chi connectivity index (χ3n) is 1.49. The van der Waals surface area contributed by atoms with Crippen LogP contribution < -0.4 is 5.32 Å². The zero-order valence-corrected chi connectivity index (χ0v) is 12.4. The van der Waals surface area contributed by atoms with E-state index in [1.54, 1.807) is 0 Å². The van der Waals surface area contributed by atoms with Crippen LogP contribution in [0.1, 0.15) is 6.92 Å². The van der Waals surface area contributed by atoms with E-state index >= 15 is 0 Å². The lowest BCUT2D eigenvalue weighted by molar-refractivity contribution is -0.296. The van der Waals surface area contributed by atoms with Gasteiger partial charge in [-0.2, -0.15) is 0 Å². The summed E-state index contributed by atoms with van der Waals surface area (Å²) in [5.41, 5.74) is 0.932. The van der Waals surface area contributed by atoms with E-state index in [4.69, 9.17) is 19.6 Å². The van der Waals surface area contributed by atoms with Crippen LogP contribution in [-0.2, 0) is 19.6 Å². The zero-order valence-electron chi connectivity index (χ0n) is 11.4. The van der Waals surface area contributed by atoms with Gasteiger partial charge in [-0.05, 0) is 6.92 Å². The van der Waals surface area contributed by atoms with Gasteiger partial charge < -0.3 is 0 Å². The van der Waals surface area contributed by atoms with Crippen molar-refractivity contribution in [3.63, 3.8) is 0 Å². The molecule has 102 valence electrons. The first-order valence-corrected chi connectivity index (χ1v) is 9.46. The van der Waals surface area contributed by atoms with Crippen LogP contribution in [-0.4, -0.2) is 40.8 Å². The van der Waals surface area contributed by atoms with Crippen LogP contribution in [0.2, 0.25) is 19.6 Å². The molecule has 0 rings (SSSR count). The second-order valence-electron chi connectivity index (χ2n) is 5.13. The fourth-order valence-corrected chi connectivity index (χ4v) is 1.13. The molecule has 1 N–H and O–H groups in total. The first-order valence-electron chi connectivity index (χ1n) is 5.76. The summed E-state index contributed by atoms with van der Waals surface area (Å²) >= 11 is 0. The van der Waals surface area contributed by atoms with Crippen LogP contribution in [0.5, 0.6) is 0 Å². The minimum atomic E-state index is -1.18. The predicted molar refractivity (Wildman–Crippen MR) is 70.0 cm³/mol. The highest BCUT2D eigenvalue weighted by Gasteiger charge is 2.13. The van der Waals surface area contributed by atoms with Gasteiger partial charge in [-0.25, -0.2) is 19.6 Å². The summed E-state index contributed by atoms with van der Waals surface area (Å²) in [6.45, 7) is 14.1. The lowest BCUT2D eigenvalue weighted by Crippen LogP contribution is -2.30. The summed E-state index contributed by atoms with van der Waals surface area (Å²) in [6.07, 6.45) is 0.701. The minimum absolute atomic E-state index is 0.355. The highest BCUT2D eigenvalue weighted by atomic mass is 28.3. The molecule has 0 aliphatic carbocycles. The van der Waals surface area contributed by atoms with Gasteiger partial charge >= 0.3 is 0 Å². The van der Waals surface area contributed by atoms with Gasteiger partial charge in [0.1, 0.15) is 13.3 Å². The molecule has 0 spiro atoms. The highest BCUT2D eigenvalue weighted by Crippen LogP contribution is 2.00. The smallest absolute Gasteiger partial charge is 0.133 e. The van der Waals surface area contributed by atoms with Crippen LogP contribution in [0.4, 0.5) is 0 Å².